The fraction of sp³-hybridized carbons (Fsp3) is 0.389. The zero-order valence-electron chi connectivity index (χ0n) is 13.5. The molecule has 126 valence electrons. The summed E-state index contributed by atoms with van der Waals surface area (Å²) in [7, 11) is 0. The molecule has 1 aromatic heterocycles. The Morgan fingerprint density at radius 3 is 2.58 bits per heavy atom. The first kappa shape index (κ1) is 15.9. The van der Waals surface area contributed by atoms with Gasteiger partial charge in [0.15, 0.2) is 0 Å². The molecular formula is C18H21BrN4O. The lowest BCUT2D eigenvalue weighted by molar-refractivity contribution is 0.316. The molecule has 5 nitrogen and oxygen atoms in total. The molecule has 2 aromatic rings. The lowest BCUT2D eigenvalue weighted by atomic mass is 9.94. The fourth-order valence-electron chi connectivity index (χ4n) is 3.67. The van der Waals surface area contributed by atoms with Gasteiger partial charge in [0.25, 0.3) is 0 Å². The smallest absolute Gasteiger partial charge is 0.219 e. The van der Waals surface area contributed by atoms with Crippen molar-refractivity contribution in [2.75, 3.05) is 31.2 Å². The van der Waals surface area contributed by atoms with Crippen LogP contribution in [0.1, 0.15) is 12.8 Å². The van der Waals surface area contributed by atoms with Crippen molar-refractivity contribution in [1.29, 1.82) is 0 Å². The van der Waals surface area contributed by atoms with Gasteiger partial charge in [0, 0.05) is 36.8 Å². The zero-order chi connectivity index (χ0) is 16.4. The third kappa shape index (κ3) is 3.14. The normalized spacial score (nSPS) is 19.6. The maximum atomic E-state index is 5.81. The Hall–Kier alpha value is -1.63. The van der Waals surface area contributed by atoms with Crippen molar-refractivity contribution in [3.05, 3.63) is 47.1 Å². The molecule has 2 fully saturated rings. The highest BCUT2D eigenvalue weighted by Gasteiger charge is 2.41. The van der Waals surface area contributed by atoms with Crippen molar-refractivity contribution in [3.63, 3.8) is 0 Å². The largest absolute Gasteiger partial charge is 0.439 e. The molecule has 4 rings (SSSR count). The summed E-state index contributed by atoms with van der Waals surface area (Å²) in [6.07, 6.45) is 4.36. The van der Waals surface area contributed by atoms with Gasteiger partial charge in [-0.1, -0.05) is 15.9 Å². The molecule has 6 heteroatoms. The number of nitrogens with one attached hydrogen (secondary N) is 2. The fourth-order valence-corrected chi connectivity index (χ4v) is 3.93. The summed E-state index contributed by atoms with van der Waals surface area (Å²) in [6.45, 7) is 4.03. The summed E-state index contributed by atoms with van der Waals surface area (Å²) in [6, 6.07) is 11.8. The van der Waals surface area contributed by atoms with Crippen LogP contribution in [-0.2, 0) is 0 Å². The molecule has 3 heterocycles. The second kappa shape index (κ2) is 6.70. The third-order valence-corrected chi connectivity index (χ3v) is 5.35. The average Bonchev–Trinajstić information content (AvgIpc) is 3.01. The summed E-state index contributed by atoms with van der Waals surface area (Å²) in [5.74, 6) is 1.41. The third-order valence-electron chi connectivity index (χ3n) is 4.82. The number of benzene rings is 1. The predicted molar refractivity (Wildman–Crippen MR) is 98.6 cm³/mol. The first-order valence-corrected chi connectivity index (χ1v) is 9.13. The van der Waals surface area contributed by atoms with Crippen LogP contribution in [0.25, 0.3) is 0 Å². The standard InChI is InChI=1S/C18H21BrN4O/c19-14-2-5-16(6-3-14)24-17-7-4-15(10-22-17)23-9-1-8-18(23)11-20-13-21-12-18/h2-7,10,20-21H,1,8-9,11-13H2. The van der Waals surface area contributed by atoms with Crippen molar-refractivity contribution in [1.82, 2.24) is 15.6 Å². The van der Waals surface area contributed by atoms with Crippen LogP contribution in [0.2, 0.25) is 0 Å². The van der Waals surface area contributed by atoms with E-state index in [2.05, 4.69) is 42.5 Å². The molecule has 2 saturated heterocycles. The van der Waals surface area contributed by atoms with E-state index in [4.69, 9.17) is 4.74 Å². The van der Waals surface area contributed by atoms with Crippen molar-refractivity contribution in [3.8, 4) is 11.6 Å². The van der Waals surface area contributed by atoms with Gasteiger partial charge < -0.3 is 20.3 Å². The van der Waals surface area contributed by atoms with E-state index in [1.165, 1.54) is 18.5 Å². The van der Waals surface area contributed by atoms with Gasteiger partial charge in [-0.05, 0) is 43.2 Å². The van der Waals surface area contributed by atoms with Gasteiger partial charge in [-0.2, -0.15) is 0 Å². The molecule has 24 heavy (non-hydrogen) atoms. The molecule has 2 aliphatic heterocycles. The molecule has 0 amide bonds. The van der Waals surface area contributed by atoms with Gasteiger partial charge in [0.05, 0.1) is 17.4 Å². The van der Waals surface area contributed by atoms with Crippen LogP contribution in [0, 0.1) is 0 Å². The van der Waals surface area contributed by atoms with Crippen LogP contribution in [-0.4, -0.2) is 36.8 Å². The number of rotatable bonds is 3. The van der Waals surface area contributed by atoms with Crippen LogP contribution in [0.3, 0.4) is 0 Å². The second-order valence-corrected chi connectivity index (χ2v) is 7.34. The van der Waals surface area contributed by atoms with Crippen LogP contribution < -0.4 is 20.3 Å². The molecule has 1 spiro atoms. The summed E-state index contributed by atoms with van der Waals surface area (Å²) < 4.78 is 6.85. The highest BCUT2D eigenvalue weighted by molar-refractivity contribution is 9.10. The van der Waals surface area contributed by atoms with Crippen LogP contribution in [0.15, 0.2) is 47.1 Å². The summed E-state index contributed by atoms with van der Waals surface area (Å²) >= 11 is 3.43. The Morgan fingerprint density at radius 1 is 1.08 bits per heavy atom. The molecule has 1 aromatic carbocycles. The van der Waals surface area contributed by atoms with E-state index >= 15 is 0 Å². The Kier molecular flexibility index (Phi) is 4.43. The quantitative estimate of drug-likeness (QED) is 0.845. The minimum atomic E-state index is 0.175. The highest BCUT2D eigenvalue weighted by atomic mass is 79.9. The van der Waals surface area contributed by atoms with Crippen molar-refractivity contribution in [2.24, 2.45) is 0 Å². The lowest BCUT2D eigenvalue weighted by Gasteiger charge is -2.43. The molecule has 2 aliphatic rings. The Balaban J connectivity index is 1.50. The SMILES string of the molecule is Brc1ccc(Oc2ccc(N3CCCC34CNCNC4)cn2)cc1. The number of anilines is 1. The summed E-state index contributed by atoms with van der Waals surface area (Å²) in [5.41, 5.74) is 1.34. The van der Waals surface area contributed by atoms with Gasteiger partial charge in [-0.3, -0.25) is 0 Å². The molecule has 0 saturated carbocycles. The maximum absolute atomic E-state index is 5.81. The van der Waals surface area contributed by atoms with Gasteiger partial charge in [0.1, 0.15) is 5.75 Å². The van der Waals surface area contributed by atoms with Crippen LogP contribution in [0.5, 0.6) is 11.6 Å². The molecule has 0 atom stereocenters. The first-order chi connectivity index (χ1) is 11.8. The predicted octanol–water partition coefficient (Wildman–Crippen LogP) is 3.13. The van der Waals surface area contributed by atoms with Gasteiger partial charge >= 0.3 is 0 Å². The van der Waals surface area contributed by atoms with Crippen LogP contribution in [0.4, 0.5) is 5.69 Å². The van der Waals surface area contributed by atoms with Crippen molar-refractivity contribution < 1.29 is 4.74 Å². The van der Waals surface area contributed by atoms with E-state index in [1.807, 2.05) is 36.5 Å². The number of ether oxygens (including phenoxy) is 1. The Morgan fingerprint density at radius 2 is 1.88 bits per heavy atom. The highest BCUT2D eigenvalue weighted by Crippen LogP contribution is 2.34. The monoisotopic (exact) mass is 388 g/mol. The van der Waals surface area contributed by atoms with E-state index < -0.39 is 0 Å². The maximum Gasteiger partial charge on any atom is 0.219 e. The van der Waals surface area contributed by atoms with E-state index in [0.717, 1.165) is 36.5 Å². The van der Waals surface area contributed by atoms with Gasteiger partial charge in [-0.25, -0.2) is 4.98 Å². The number of hydrogen-bond acceptors (Lipinski definition) is 5. The van der Waals surface area contributed by atoms with Gasteiger partial charge in [-0.15, -0.1) is 0 Å². The second-order valence-electron chi connectivity index (χ2n) is 6.42. The summed E-state index contributed by atoms with van der Waals surface area (Å²) in [5, 5.41) is 6.93. The zero-order valence-corrected chi connectivity index (χ0v) is 15.1. The number of halogens is 1. The number of nitrogens with zero attached hydrogens (tertiary/aromatic N) is 2. The van der Waals surface area contributed by atoms with E-state index in [-0.39, 0.29) is 5.54 Å². The lowest BCUT2D eigenvalue weighted by Crippen LogP contribution is -2.62. The number of hydrogen-bond donors (Lipinski definition) is 2. The molecular weight excluding hydrogens is 368 g/mol. The average molecular weight is 389 g/mol. The van der Waals surface area contributed by atoms with E-state index in [9.17, 15) is 0 Å². The van der Waals surface area contributed by atoms with E-state index in [0.29, 0.717) is 5.88 Å². The first-order valence-electron chi connectivity index (χ1n) is 8.34. The molecule has 0 bridgehead atoms. The summed E-state index contributed by atoms with van der Waals surface area (Å²) in [4.78, 5) is 6.99. The Bertz CT molecular complexity index is 683. The topological polar surface area (TPSA) is 49.4 Å². The minimum absolute atomic E-state index is 0.175. The molecule has 0 aliphatic carbocycles. The van der Waals surface area contributed by atoms with Crippen molar-refractivity contribution >= 4 is 21.6 Å². The Labute approximate surface area is 150 Å². The molecule has 0 unspecified atom stereocenters. The van der Waals surface area contributed by atoms with E-state index in [1.54, 1.807) is 0 Å². The molecule has 2 N–H and O–H groups in total. The number of aromatic nitrogens is 1. The minimum Gasteiger partial charge on any atom is -0.439 e. The number of pyridine rings is 1. The van der Waals surface area contributed by atoms with Crippen LogP contribution >= 0.6 is 15.9 Å². The molecule has 0 radical (unpaired) electrons. The van der Waals surface area contributed by atoms with Crippen molar-refractivity contribution in [2.45, 2.75) is 18.4 Å². The van der Waals surface area contributed by atoms with Gasteiger partial charge in [0.2, 0.25) is 5.88 Å².